The molecule has 6 heteroatoms. The molecule has 30 heavy (non-hydrogen) atoms. The Morgan fingerprint density at radius 1 is 1.13 bits per heavy atom. The summed E-state index contributed by atoms with van der Waals surface area (Å²) < 4.78 is 6.07. The summed E-state index contributed by atoms with van der Waals surface area (Å²) >= 11 is 0. The zero-order chi connectivity index (χ0) is 20.8. The second-order valence-corrected chi connectivity index (χ2v) is 8.43. The van der Waals surface area contributed by atoms with Crippen LogP contribution in [-0.4, -0.2) is 41.7 Å². The highest BCUT2D eigenvalue weighted by atomic mass is 16.5. The van der Waals surface area contributed by atoms with Gasteiger partial charge in [0.25, 0.3) is 0 Å². The van der Waals surface area contributed by atoms with Crippen LogP contribution in [0.15, 0.2) is 42.6 Å². The van der Waals surface area contributed by atoms with Crippen molar-refractivity contribution in [1.82, 2.24) is 15.2 Å². The van der Waals surface area contributed by atoms with Gasteiger partial charge in [0.2, 0.25) is 5.88 Å². The first-order valence-corrected chi connectivity index (χ1v) is 11.2. The molecular weight excluding hydrogens is 376 g/mol. The number of nitrogens with zero attached hydrogens (tertiary/aromatic N) is 2. The van der Waals surface area contributed by atoms with Gasteiger partial charge >= 0.3 is 6.03 Å². The number of aromatic nitrogens is 1. The van der Waals surface area contributed by atoms with Gasteiger partial charge < -0.3 is 20.3 Å². The largest absolute Gasteiger partial charge is 0.474 e. The fourth-order valence-electron chi connectivity index (χ4n) is 3.86. The molecule has 0 spiro atoms. The van der Waals surface area contributed by atoms with Crippen molar-refractivity contribution in [2.75, 3.05) is 25.0 Å². The second kappa shape index (κ2) is 9.94. The van der Waals surface area contributed by atoms with Crippen molar-refractivity contribution < 1.29 is 9.53 Å². The van der Waals surface area contributed by atoms with Gasteiger partial charge in [0, 0.05) is 44.1 Å². The summed E-state index contributed by atoms with van der Waals surface area (Å²) in [4.78, 5) is 19.1. The van der Waals surface area contributed by atoms with Crippen molar-refractivity contribution in [1.29, 1.82) is 0 Å². The maximum atomic E-state index is 12.1. The standard InChI is InChI=1S/C24H32N4O2/c1-2-18-4-3-5-21(14-18)27-24(29)26-16-20-8-9-23(25-15-20)30-22-10-12-28(13-11-22)17-19-6-7-19/h3-5,8-9,14-15,19,22H,2,6-7,10-13,16-17H2,1H3,(H2,26,27,29). The Hall–Kier alpha value is -2.60. The van der Waals surface area contributed by atoms with Crippen LogP contribution in [0, 0.1) is 5.92 Å². The number of amides is 2. The smallest absolute Gasteiger partial charge is 0.319 e. The number of hydrogen-bond donors (Lipinski definition) is 2. The number of benzene rings is 1. The number of rotatable bonds is 8. The lowest BCUT2D eigenvalue weighted by molar-refractivity contribution is 0.0944. The number of pyridine rings is 1. The minimum atomic E-state index is -0.221. The van der Waals surface area contributed by atoms with E-state index < -0.39 is 0 Å². The highest BCUT2D eigenvalue weighted by Crippen LogP contribution is 2.30. The van der Waals surface area contributed by atoms with E-state index in [0.717, 1.165) is 49.5 Å². The van der Waals surface area contributed by atoms with E-state index in [4.69, 9.17) is 4.74 Å². The van der Waals surface area contributed by atoms with Crippen LogP contribution in [0.1, 0.15) is 43.7 Å². The summed E-state index contributed by atoms with van der Waals surface area (Å²) in [6, 6.07) is 11.5. The molecule has 1 aromatic carbocycles. The second-order valence-electron chi connectivity index (χ2n) is 8.43. The molecule has 1 aliphatic heterocycles. The third-order valence-electron chi connectivity index (χ3n) is 5.88. The molecule has 0 unspecified atom stereocenters. The molecule has 2 fully saturated rings. The topological polar surface area (TPSA) is 66.5 Å². The maximum absolute atomic E-state index is 12.1. The lowest BCUT2D eigenvalue weighted by Crippen LogP contribution is -2.39. The summed E-state index contributed by atoms with van der Waals surface area (Å²) in [6.45, 7) is 6.03. The number of anilines is 1. The molecular formula is C24H32N4O2. The molecule has 1 aliphatic carbocycles. The third-order valence-corrected chi connectivity index (χ3v) is 5.88. The molecule has 2 amide bonds. The first-order valence-electron chi connectivity index (χ1n) is 11.2. The summed E-state index contributed by atoms with van der Waals surface area (Å²) in [5, 5.41) is 5.75. The monoisotopic (exact) mass is 408 g/mol. The van der Waals surface area contributed by atoms with Crippen molar-refractivity contribution in [2.24, 2.45) is 5.92 Å². The van der Waals surface area contributed by atoms with Gasteiger partial charge in [-0.3, -0.25) is 0 Å². The minimum absolute atomic E-state index is 0.221. The van der Waals surface area contributed by atoms with Crippen molar-refractivity contribution in [3.8, 4) is 5.88 Å². The summed E-state index contributed by atoms with van der Waals surface area (Å²) in [5.41, 5.74) is 2.94. The predicted octanol–water partition coefficient (Wildman–Crippen LogP) is 4.22. The van der Waals surface area contributed by atoms with E-state index in [1.54, 1.807) is 6.20 Å². The number of aryl methyl sites for hydroxylation is 1. The van der Waals surface area contributed by atoms with Crippen molar-refractivity contribution in [3.63, 3.8) is 0 Å². The van der Waals surface area contributed by atoms with Crippen LogP contribution in [0.4, 0.5) is 10.5 Å². The van der Waals surface area contributed by atoms with Crippen LogP contribution < -0.4 is 15.4 Å². The van der Waals surface area contributed by atoms with Gasteiger partial charge in [-0.05, 0) is 61.3 Å². The fourth-order valence-corrected chi connectivity index (χ4v) is 3.86. The Bertz CT molecular complexity index is 827. The van der Waals surface area contributed by atoms with Gasteiger partial charge in [0.1, 0.15) is 6.10 Å². The first-order chi connectivity index (χ1) is 14.7. The molecule has 0 atom stereocenters. The Kier molecular flexibility index (Phi) is 6.84. The van der Waals surface area contributed by atoms with Crippen LogP contribution in [0.5, 0.6) is 5.88 Å². The van der Waals surface area contributed by atoms with E-state index in [9.17, 15) is 4.79 Å². The minimum Gasteiger partial charge on any atom is -0.474 e. The highest BCUT2D eigenvalue weighted by molar-refractivity contribution is 5.89. The summed E-state index contributed by atoms with van der Waals surface area (Å²) in [6.07, 6.45) is 7.92. The van der Waals surface area contributed by atoms with Crippen LogP contribution in [0.2, 0.25) is 0 Å². The van der Waals surface area contributed by atoms with Gasteiger partial charge in [0.05, 0.1) is 0 Å². The van der Waals surface area contributed by atoms with Gasteiger partial charge in [-0.25, -0.2) is 9.78 Å². The molecule has 6 nitrogen and oxygen atoms in total. The molecule has 0 radical (unpaired) electrons. The van der Waals surface area contributed by atoms with Crippen LogP contribution in [0.3, 0.4) is 0 Å². The quantitative estimate of drug-likeness (QED) is 0.686. The lowest BCUT2D eigenvalue weighted by Gasteiger charge is -2.31. The number of carbonyl (C=O) groups excluding carboxylic acids is 1. The van der Waals surface area contributed by atoms with E-state index >= 15 is 0 Å². The molecule has 1 aromatic heterocycles. The average Bonchev–Trinajstić information content (AvgIpc) is 3.59. The van der Waals surface area contributed by atoms with Gasteiger partial charge in [-0.1, -0.05) is 25.1 Å². The van der Waals surface area contributed by atoms with Crippen LogP contribution in [-0.2, 0) is 13.0 Å². The third kappa shape index (κ3) is 6.20. The maximum Gasteiger partial charge on any atom is 0.319 e. The number of hydrogen-bond acceptors (Lipinski definition) is 4. The summed E-state index contributed by atoms with van der Waals surface area (Å²) in [7, 11) is 0. The van der Waals surface area contributed by atoms with E-state index in [1.807, 2.05) is 30.3 Å². The Morgan fingerprint density at radius 3 is 2.67 bits per heavy atom. The molecule has 2 aliphatic rings. The van der Waals surface area contributed by atoms with Gasteiger partial charge in [-0.15, -0.1) is 0 Å². The highest BCUT2D eigenvalue weighted by Gasteiger charge is 2.27. The molecule has 2 N–H and O–H groups in total. The van der Waals surface area contributed by atoms with Crippen molar-refractivity contribution >= 4 is 11.7 Å². The number of likely N-dealkylation sites (tertiary alicyclic amines) is 1. The van der Waals surface area contributed by atoms with Gasteiger partial charge in [0.15, 0.2) is 0 Å². The molecule has 1 saturated carbocycles. The normalized spacial score (nSPS) is 17.5. The average molecular weight is 409 g/mol. The van der Waals surface area contributed by atoms with Gasteiger partial charge in [-0.2, -0.15) is 0 Å². The Morgan fingerprint density at radius 2 is 1.97 bits per heavy atom. The van der Waals surface area contributed by atoms with Crippen LogP contribution >= 0.6 is 0 Å². The van der Waals surface area contributed by atoms with Crippen LogP contribution in [0.25, 0.3) is 0 Å². The number of nitrogens with one attached hydrogen (secondary N) is 2. The molecule has 0 bridgehead atoms. The molecule has 2 heterocycles. The lowest BCUT2D eigenvalue weighted by atomic mass is 10.1. The van der Waals surface area contributed by atoms with E-state index in [-0.39, 0.29) is 12.1 Å². The molecule has 2 aromatic rings. The SMILES string of the molecule is CCc1cccc(NC(=O)NCc2ccc(OC3CCN(CC4CC4)CC3)nc2)c1. The van der Waals surface area contributed by atoms with Crippen molar-refractivity contribution in [2.45, 2.75) is 51.7 Å². The molecule has 4 rings (SSSR count). The fraction of sp³-hybridized carbons (Fsp3) is 0.500. The Labute approximate surface area is 179 Å². The number of urea groups is 1. The summed E-state index contributed by atoms with van der Waals surface area (Å²) in [5.74, 6) is 1.62. The predicted molar refractivity (Wildman–Crippen MR) is 119 cm³/mol. The number of carbonyl (C=O) groups is 1. The zero-order valence-electron chi connectivity index (χ0n) is 17.8. The van der Waals surface area contributed by atoms with Crippen molar-refractivity contribution in [3.05, 3.63) is 53.7 Å². The number of piperidine rings is 1. The zero-order valence-corrected chi connectivity index (χ0v) is 17.8. The first kappa shape index (κ1) is 20.7. The van der Waals surface area contributed by atoms with E-state index in [0.29, 0.717) is 12.4 Å². The molecule has 160 valence electrons. The van der Waals surface area contributed by atoms with E-state index in [1.165, 1.54) is 24.9 Å². The van der Waals surface area contributed by atoms with E-state index in [2.05, 4.69) is 33.5 Å². The Balaban J connectivity index is 1.18. The number of ether oxygens (including phenoxy) is 1. The molecule has 1 saturated heterocycles.